The highest BCUT2D eigenvalue weighted by Gasteiger charge is 2.46. The molecular weight excluding hydrogens is 1040 g/mol. The minimum atomic E-state index is -3.88. The molecule has 3 aliphatic rings. The molecule has 2 aromatic rings. The van der Waals surface area contributed by atoms with Crippen molar-refractivity contribution in [1.82, 2.24) is 25.0 Å². The van der Waals surface area contributed by atoms with Gasteiger partial charge in [0.2, 0.25) is 26.0 Å². The molecule has 0 aromatic heterocycles. The Morgan fingerprint density at radius 3 is 1.76 bits per heavy atom. The number of rotatable bonds is 11. The standard InChI is InChI=1S/C25H36IN3O7S.C12H15IN2O4S.ClH/c1-25(2,3)36-24(32)27-21(16-8-6-5-7-9-16)22(30)29-15-18(14-20(29)23(31)35-4)28-37(33,34)19-12-10-17(26)11-13-19;1-19-12(16)11-6-9(7-14-11)15-20(17,18)10-4-2-8(13)3-5-10;/h10-13,16,18,20-21,28H,5-9,14-15H2,1-4H3,(H,27,32);2-5,9,11,14-15H,6-7H2,1H3;1H/t18-,20-,21+;9-,11-;/m11./s1. The van der Waals surface area contributed by atoms with Crippen LogP contribution in [0, 0.1) is 13.1 Å². The predicted molar refractivity (Wildman–Crippen MR) is 234 cm³/mol. The molecule has 16 nitrogen and oxygen atoms in total. The van der Waals surface area contributed by atoms with E-state index in [4.69, 9.17) is 9.47 Å². The summed E-state index contributed by atoms with van der Waals surface area (Å²) in [5, 5.41) is 5.69. The summed E-state index contributed by atoms with van der Waals surface area (Å²) in [4.78, 5) is 52.2. The van der Waals surface area contributed by atoms with Gasteiger partial charge in [-0.05, 0) is 146 Å². The highest BCUT2D eigenvalue weighted by molar-refractivity contribution is 14.1. The molecule has 2 aromatic carbocycles. The van der Waals surface area contributed by atoms with Crippen LogP contribution >= 0.6 is 57.6 Å². The number of amides is 2. The fourth-order valence-electron chi connectivity index (χ4n) is 6.94. The van der Waals surface area contributed by atoms with E-state index < -0.39 is 67.8 Å². The molecule has 58 heavy (non-hydrogen) atoms. The van der Waals surface area contributed by atoms with Crippen molar-refractivity contribution >= 4 is 102 Å². The quantitative estimate of drug-likeness (QED) is 0.142. The summed E-state index contributed by atoms with van der Waals surface area (Å²) in [5.41, 5.74) is -0.745. The molecule has 21 heteroatoms. The van der Waals surface area contributed by atoms with Crippen LogP contribution in [0.3, 0.4) is 0 Å². The molecule has 2 amide bonds. The van der Waals surface area contributed by atoms with Crippen LogP contribution in [-0.4, -0.2) is 109 Å². The number of nitrogens with zero attached hydrogens (tertiary/aromatic N) is 1. The fraction of sp³-hybridized carbons (Fsp3) is 0.568. The molecule has 0 unspecified atom stereocenters. The molecule has 5 atom stereocenters. The summed E-state index contributed by atoms with van der Waals surface area (Å²) < 4.78 is 72.4. The first-order valence-electron chi connectivity index (χ1n) is 18.5. The first-order valence-corrected chi connectivity index (χ1v) is 23.6. The number of ether oxygens (including phenoxy) is 3. The summed E-state index contributed by atoms with van der Waals surface area (Å²) in [6.45, 7) is 5.59. The molecule has 1 saturated carbocycles. The lowest BCUT2D eigenvalue weighted by Crippen LogP contribution is -2.56. The lowest BCUT2D eigenvalue weighted by atomic mass is 9.83. The number of benzene rings is 2. The van der Waals surface area contributed by atoms with E-state index >= 15 is 0 Å². The number of hydrogen-bond acceptors (Lipinski definition) is 12. The largest absolute Gasteiger partial charge is 0.468 e. The van der Waals surface area contributed by atoms with E-state index in [0.717, 1.165) is 39.2 Å². The van der Waals surface area contributed by atoms with E-state index in [1.165, 1.54) is 31.3 Å². The summed E-state index contributed by atoms with van der Waals surface area (Å²) in [6, 6.07) is 9.63. The highest BCUT2D eigenvalue weighted by atomic mass is 127. The van der Waals surface area contributed by atoms with Gasteiger partial charge in [-0.15, -0.1) is 12.4 Å². The topological polar surface area (TPSA) is 216 Å². The Bertz CT molecular complexity index is 1950. The Morgan fingerprint density at radius 1 is 0.776 bits per heavy atom. The van der Waals surface area contributed by atoms with E-state index in [9.17, 15) is 36.0 Å². The zero-order chi connectivity index (χ0) is 42.1. The number of carbonyl (C=O) groups excluding carboxylic acids is 4. The van der Waals surface area contributed by atoms with Crippen molar-refractivity contribution in [2.24, 2.45) is 5.92 Å². The van der Waals surface area contributed by atoms with Crippen molar-refractivity contribution in [3.63, 3.8) is 0 Å². The van der Waals surface area contributed by atoms with Gasteiger partial charge < -0.3 is 29.7 Å². The third-order valence-corrected chi connectivity index (χ3v) is 14.1. The minimum absolute atomic E-state index is 0. The van der Waals surface area contributed by atoms with Gasteiger partial charge in [0.15, 0.2) is 0 Å². The van der Waals surface area contributed by atoms with Gasteiger partial charge in [0, 0.05) is 32.3 Å². The van der Waals surface area contributed by atoms with Crippen LogP contribution in [-0.2, 0) is 48.6 Å². The molecular formula is C37H52ClI2N5O11S2. The summed E-state index contributed by atoms with van der Waals surface area (Å²) >= 11 is 4.20. The zero-order valence-corrected chi connectivity index (χ0v) is 39.6. The zero-order valence-electron chi connectivity index (χ0n) is 32.9. The van der Waals surface area contributed by atoms with Crippen molar-refractivity contribution in [2.45, 2.75) is 111 Å². The molecule has 324 valence electrons. The van der Waals surface area contributed by atoms with Gasteiger partial charge in [-0.2, -0.15) is 0 Å². The van der Waals surface area contributed by atoms with Crippen molar-refractivity contribution in [2.75, 3.05) is 27.3 Å². The van der Waals surface area contributed by atoms with Gasteiger partial charge in [0.05, 0.1) is 24.0 Å². The smallest absolute Gasteiger partial charge is 0.408 e. The number of likely N-dealkylation sites (tertiary alicyclic amines) is 1. The van der Waals surface area contributed by atoms with Gasteiger partial charge >= 0.3 is 18.0 Å². The van der Waals surface area contributed by atoms with Gasteiger partial charge in [0.25, 0.3) is 0 Å². The maximum Gasteiger partial charge on any atom is 0.408 e. The molecule has 0 radical (unpaired) electrons. The SMILES string of the molecule is COC(=O)[C@H]1C[C@@H](NS(=O)(=O)c2ccc(I)cc2)CN1.COC(=O)[C@H]1C[C@@H](NS(=O)(=O)c2ccc(I)cc2)CN1C(=O)[C@@H](NC(=O)OC(C)(C)C)C1CCCCC1.Cl. The molecule has 4 N–H and O–H groups in total. The fourth-order valence-corrected chi connectivity index (χ4v) is 10.1. The van der Waals surface area contributed by atoms with Crippen LogP contribution < -0.4 is 20.1 Å². The minimum Gasteiger partial charge on any atom is -0.468 e. The first-order chi connectivity index (χ1) is 26.7. The molecule has 2 heterocycles. The maximum atomic E-state index is 13.9. The Morgan fingerprint density at radius 2 is 1.28 bits per heavy atom. The number of hydrogen-bond donors (Lipinski definition) is 4. The van der Waals surface area contributed by atoms with Crippen molar-refractivity contribution in [3.8, 4) is 0 Å². The number of esters is 2. The summed E-state index contributed by atoms with van der Waals surface area (Å²) in [6.07, 6.45) is 4.17. The summed E-state index contributed by atoms with van der Waals surface area (Å²) in [7, 11) is -4.90. The number of nitrogens with one attached hydrogen (secondary N) is 4. The Labute approximate surface area is 374 Å². The monoisotopic (exact) mass is 1100 g/mol. The molecule has 2 saturated heterocycles. The highest BCUT2D eigenvalue weighted by Crippen LogP contribution is 2.30. The number of carbonyl (C=O) groups is 4. The lowest BCUT2D eigenvalue weighted by Gasteiger charge is -2.34. The number of methoxy groups -OCH3 is 2. The molecule has 2 aliphatic heterocycles. The van der Waals surface area contributed by atoms with E-state index in [-0.39, 0.29) is 53.1 Å². The Balaban J connectivity index is 0.000000361. The molecule has 0 bridgehead atoms. The van der Waals surface area contributed by atoms with Crippen LogP contribution in [0.15, 0.2) is 58.3 Å². The van der Waals surface area contributed by atoms with Crippen LogP contribution in [0.5, 0.6) is 0 Å². The molecule has 1 aliphatic carbocycles. The number of halogens is 3. The predicted octanol–water partition coefficient (Wildman–Crippen LogP) is 4.08. The van der Waals surface area contributed by atoms with Crippen molar-refractivity contribution in [3.05, 3.63) is 55.7 Å². The van der Waals surface area contributed by atoms with Crippen LogP contribution in [0.1, 0.15) is 65.7 Å². The average molecular weight is 1100 g/mol. The van der Waals surface area contributed by atoms with Crippen LogP contribution in [0.2, 0.25) is 0 Å². The first kappa shape index (κ1) is 50.0. The molecule has 0 spiro atoms. The lowest BCUT2D eigenvalue weighted by molar-refractivity contribution is -0.152. The third kappa shape index (κ3) is 14.4. The maximum absolute atomic E-state index is 13.9. The van der Waals surface area contributed by atoms with E-state index in [0.29, 0.717) is 13.0 Å². The van der Waals surface area contributed by atoms with Crippen LogP contribution in [0.4, 0.5) is 4.79 Å². The van der Waals surface area contributed by atoms with Crippen molar-refractivity contribution < 1.29 is 50.2 Å². The van der Waals surface area contributed by atoms with E-state index in [2.05, 4.69) is 70.0 Å². The number of sulfonamides is 2. The van der Waals surface area contributed by atoms with E-state index in [1.807, 2.05) is 0 Å². The second-order valence-corrected chi connectivity index (χ2v) is 21.0. The molecule has 5 rings (SSSR count). The normalized spacial score (nSPS) is 21.7. The van der Waals surface area contributed by atoms with E-state index in [1.54, 1.807) is 57.2 Å². The Hall–Kier alpha value is -2.35. The third-order valence-electron chi connectivity index (χ3n) is 9.63. The average Bonchev–Trinajstić information content (AvgIpc) is 3.80. The van der Waals surface area contributed by atoms with Gasteiger partial charge in [0.1, 0.15) is 23.7 Å². The second kappa shape index (κ2) is 22.0. The Kier molecular flexibility index (Phi) is 18.9. The van der Waals surface area contributed by atoms with Gasteiger partial charge in [-0.1, -0.05) is 19.3 Å². The second-order valence-electron chi connectivity index (χ2n) is 15.1. The molecule has 3 fully saturated rings. The van der Waals surface area contributed by atoms with Crippen LogP contribution in [0.25, 0.3) is 0 Å². The van der Waals surface area contributed by atoms with Gasteiger partial charge in [-0.3, -0.25) is 9.59 Å². The summed E-state index contributed by atoms with van der Waals surface area (Å²) in [5.74, 6) is -1.57. The number of alkyl carbamates (subject to hydrolysis) is 1. The van der Waals surface area contributed by atoms with Gasteiger partial charge in [-0.25, -0.2) is 35.9 Å². The van der Waals surface area contributed by atoms with Crippen molar-refractivity contribution in [1.29, 1.82) is 0 Å².